The van der Waals surface area contributed by atoms with Gasteiger partial charge in [-0.25, -0.2) is 4.79 Å². The number of carboxylic acid groups (broad SMARTS) is 1. The Balaban J connectivity index is 1.32. The normalized spacial score (nSPS) is 15.5. The lowest BCUT2D eigenvalue weighted by atomic mass is 9.92. The molecule has 7 nitrogen and oxygen atoms in total. The molecule has 1 atom stereocenters. The van der Waals surface area contributed by atoms with Crippen molar-refractivity contribution in [3.63, 3.8) is 0 Å². The standard InChI is InChI=1S/C28H32N2O5/c1-2-3-14-25(27(33)30-16-19(17-30)9-8-15-26(31)32)29-28(34)35-18-24-22-12-6-4-10-20(22)21-11-5-7-13-23(21)24/h2,4-7,10-13,19,24-25H,1,3,8-9,14-18H2,(H,29,34)(H,31,32). The van der Waals surface area contributed by atoms with Crippen molar-refractivity contribution in [2.75, 3.05) is 19.7 Å². The Morgan fingerprint density at radius 3 is 2.31 bits per heavy atom. The Morgan fingerprint density at radius 2 is 1.71 bits per heavy atom. The van der Waals surface area contributed by atoms with Gasteiger partial charge in [-0.3, -0.25) is 9.59 Å². The van der Waals surface area contributed by atoms with E-state index in [9.17, 15) is 14.4 Å². The minimum atomic E-state index is -0.797. The largest absolute Gasteiger partial charge is 0.481 e. The molecule has 35 heavy (non-hydrogen) atoms. The molecule has 4 rings (SSSR count). The van der Waals surface area contributed by atoms with Gasteiger partial charge in [-0.2, -0.15) is 0 Å². The van der Waals surface area contributed by atoms with Crippen LogP contribution in [0.1, 0.15) is 49.1 Å². The summed E-state index contributed by atoms with van der Waals surface area (Å²) in [6.07, 6.45) is 3.71. The number of fused-ring (bicyclic) bond motifs is 3. The highest BCUT2D eigenvalue weighted by Gasteiger charge is 2.35. The summed E-state index contributed by atoms with van der Waals surface area (Å²) in [6, 6.07) is 15.6. The molecule has 2 aliphatic rings. The zero-order valence-electron chi connectivity index (χ0n) is 19.8. The Kier molecular flexibility index (Phi) is 7.85. The van der Waals surface area contributed by atoms with Gasteiger partial charge in [0.25, 0.3) is 0 Å². The number of nitrogens with one attached hydrogen (secondary N) is 1. The number of ether oxygens (including phenoxy) is 1. The first-order valence-corrected chi connectivity index (χ1v) is 12.2. The molecular formula is C28H32N2O5. The van der Waals surface area contributed by atoms with E-state index in [0.29, 0.717) is 38.3 Å². The number of benzene rings is 2. The minimum absolute atomic E-state index is 0.0441. The summed E-state index contributed by atoms with van der Waals surface area (Å²) in [5, 5.41) is 11.5. The van der Waals surface area contributed by atoms with Crippen molar-refractivity contribution < 1.29 is 24.2 Å². The Morgan fingerprint density at radius 1 is 1.09 bits per heavy atom. The van der Waals surface area contributed by atoms with Crippen LogP contribution in [0.15, 0.2) is 61.2 Å². The monoisotopic (exact) mass is 476 g/mol. The molecule has 2 aromatic carbocycles. The van der Waals surface area contributed by atoms with Gasteiger partial charge in [-0.1, -0.05) is 54.6 Å². The van der Waals surface area contributed by atoms with Gasteiger partial charge in [-0.15, -0.1) is 6.58 Å². The second kappa shape index (κ2) is 11.2. The SMILES string of the molecule is C=CCCC(NC(=O)OCC1c2ccccc2-c2ccccc21)C(=O)N1CC(CCCC(=O)O)C1. The maximum atomic E-state index is 13.0. The van der Waals surface area contributed by atoms with Crippen LogP contribution < -0.4 is 5.32 Å². The number of allylic oxidation sites excluding steroid dienone is 1. The van der Waals surface area contributed by atoms with Gasteiger partial charge < -0.3 is 20.1 Å². The number of carbonyl (C=O) groups excluding carboxylic acids is 2. The lowest BCUT2D eigenvalue weighted by molar-refractivity contribution is -0.141. The zero-order chi connectivity index (χ0) is 24.8. The number of rotatable bonds is 11. The second-order valence-electron chi connectivity index (χ2n) is 9.28. The van der Waals surface area contributed by atoms with Crippen molar-refractivity contribution in [2.24, 2.45) is 5.92 Å². The number of carbonyl (C=O) groups is 3. The fourth-order valence-electron chi connectivity index (χ4n) is 5.02. The molecule has 1 unspecified atom stereocenters. The van der Waals surface area contributed by atoms with Crippen LogP contribution in [-0.2, 0) is 14.3 Å². The van der Waals surface area contributed by atoms with E-state index < -0.39 is 18.1 Å². The fraction of sp³-hybridized carbons (Fsp3) is 0.393. The average Bonchev–Trinajstić information content (AvgIpc) is 3.15. The molecule has 184 valence electrons. The number of amides is 2. The van der Waals surface area contributed by atoms with E-state index >= 15 is 0 Å². The molecule has 2 N–H and O–H groups in total. The highest BCUT2D eigenvalue weighted by atomic mass is 16.5. The van der Waals surface area contributed by atoms with Gasteiger partial charge in [0.2, 0.25) is 5.91 Å². The van der Waals surface area contributed by atoms with Crippen LogP contribution in [0, 0.1) is 5.92 Å². The van der Waals surface area contributed by atoms with Gasteiger partial charge >= 0.3 is 12.1 Å². The molecule has 1 heterocycles. The molecule has 0 saturated carbocycles. The molecule has 1 saturated heterocycles. The van der Waals surface area contributed by atoms with Crippen molar-refractivity contribution in [1.82, 2.24) is 10.2 Å². The van der Waals surface area contributed by atoms with E-state index in [-0.39, 0.29) is 24.9 Å². The van der Waals surface area contributed by atoms with Crippen LogP contribution >= 0.6 is 0 Å². The van der Waals surface area contributed by atoms with Gasteiger partial charge in [0, 0.05) is 25.4 Å². The number of likely N-dealkylation sites (tertiary alicyclic amines) is 1. The van der Waals surface area contributed by atoms with Crippen LogP contribution in [0.2, 0.25) is 0 Å². The fourth-order valence-corrected chi connectivity index (χ4v) is 5.02. The average molecular weight is 477 g/mol. The summed E-state index contributed by atoms with van der Waals surface area (Å²) >= 11 is 0. The van der Waals surface area contributed by atoms with Crippen molar-refractivity contribution in [3.8, 4) is 11.1 Å². The van der Waals surface area contributed by atoms with Crippen LogP contribution in [0.4, 0.5) is 4.79 Å². The number of alkyl carbamates (subject to hydrolysis) is 1. The first kappa shape index (κ1) is 24.5. The molecular weight excluding hydrogens is 444 g/mol. The number of carboxylic acids is 1. The van der Waals surface area contributed by atoms with Gasteiger partial charge in [0.1, 0.15) is 12.6 Å². The quantitative estimate of drug-likeness (QED) is 0.463. The maximum Gasteiger partial charge on any atom is 0.407 e. The van der Waals surface area contributed by atoms with Crippen molar-refractivity contribution in [1.29, 1.82) is 0 Å². The van der Waals surface area contributed by atoms with E-state index in [1.807, 2.05) is 24.3 Å². The van der Waals surface area contributed by atoms with Crippen molar-refractivity contribution in [2.45, 2.75) is 44.1 Å². The molecule has 1 fully saturated rings. The summed E-state index contributed by atoms with van der Waals surface area (Å²) in [5.74, 6) is -0.658. The van der Waals surface area contributed by atoms with E-state index in [1.54, 1.807) is 11.0 Å². The number of nitrogens with zero attached hydrogens (tertiary/aromatic N) is 1. The summed E-state index contributed by atoms with van der Waals surface area (Å²) in [4.78, 5) is 38.1. The van der Waals surface area contributed by atoms with Gasteiger partial charge in [-0.05, 0) is 53.9 Å². The van der Waals surface area contributed by atoms with E-state index in [1.165, 1.54) is 0 Å². The Hall–Kier alpha value is -3.61. The third kappa shape index (κ3) is 5.73. The first-order chi connectivity index (χ1) is 17.0. The minimum Gasteiger partial charge on any atom is -0.481 e. The zero-order valence-corrected chi connectivity index (χ0v) is 19.8. The van der Waals surface area contributed by atoms with Crippen molar-refractivity contribution >= 4 is 18.0 Å². The van der Waals surface area contributed by atoms with Crippen LogP contribution in [0.25, 0.3) is 11.1 Å². The highest BCUT2D eigenvalue weighted by Crippen LogP contribution is 2.44. The second-order valence-corrected chi connectivity index (χ2v) is 9.28. The van der Waals surface area contributed by atoms with Gasteiger partial charge in [0.05, 0.1) is 0 Å². The summed E-state index contributed by atoms with van der Waals surface area (Å²) < 4.78 is 5.63. The first-order valence-electron chi connectivity index (χ1n) is 12.2. The molecule has 0 radical (unpaired) electrons. The predicted octanol–water partition coefficient (Wildman–Crippen LogP) is 4.57. The lowest BCUT2D eigenvalue weighted by Crippen LogP contribution is -2.57. The molecule has 0 aromatic heterocycles. The number of hydrogen-bond acceptors (Lipinski definition) is 4. The molecule has 0 spiro atoms. The summed E-state index contributed by atoms with van der Waals surface area (Å²) in [5.41, 5.74) is 4.59. The van der Waals surface area contributed by atoms with Crippen LogP contribution in [0.3, 0.4) is 0 Å². The third-order valence-corrected chi connectivity index (χ3v) is 6.87. The molecule has 1 aliphatic heterocycles. The maximum absolute atomic E-state index is 13.0. The number of aliphatic carboxylic acids is 1. The highest BCUT2D eigenvalue weighted by molar-refractivity contribution is 5.86. The van der Waals surface area contributed by atoms with Crippen LogP contribution in [-0.4, -0.2) is 53.7 Å². The van der Waals surface area contributed by atoms with E-state index in [4.69, 9.17) is 9.84 Å². The van der Waals surface area contributed by atoms with Crippen molar-refractivity contribution in [3.05, 3.63) is 72.3 Å². The predicted molar refractivity (Wildman–Crippen MR) is 133 cm³/mol. The third-order valence-electron chi connectivity index (χ3n) is 6.87. The lowest BCUT2D eigenvalue weighted by Gasteiger charge is -2.41. The molecule has 7 heteroatoms. The smallest absolute Gasteiger partial charge is 0.407 e. The van der Waals surface area contributed by atoms with Crippen LogP contribution in [0.5, 0.6) is 0 Å². The molecule has 0 bridgehead atoms. The van der Waals surface area contributed by atoms with E-state index in [2.05, 4.69) is 36.2 Å². The van der Waals surface area contributed by atoms with Gasteiger partial charge in [0.15, 0.2) is 0 Å². The number of hydrogen-bond donors (Lipinski definition) is 2. The molecule has 1 aliphatic carbocycles. The molecule has 2 amide bonds. The summed E-state index contributed by atoms with van der Waals surface area (Å²) in [6.45, 7) is 5.10. The topological polar surface area (TPSA) is 95.9 Å². The Bertz CT molecular complexity index is 1050. The Labute approximate surface area is 205 Å². The summed E-state index contributed by atoms with van der Waals surface area (Å²) in [7, 11) is 0. The molecule has 2 aromatic rings. The van der Waals surface area contributed by atoms with E-state index in [0.717, 1.165) is 28.7 Å².